The molecule has 0 bridgehead atoms. The maximum Gasteiger partial charge on any atom is 0.338 e. The third-order valence-electron chi connectivity index (χ3n) is 9.60. The van der Waals surface area contributed by atoms with Crippen molar-refractivity contribution in [1.82, 2.24) is 14.0 Å². The SMILES string of the molecule is CC(/C=C/c1c(C)n(-c2cc(C)c(C)c(C)c2C)c(=O)n(C)c1=O)=C\C=C1/C(=O)N(C)C(=O)N(c2cc(C)c(C)c(C)c2C)C1=O. The molecule has 3 aromatic rings. The highest BCUT2D eigenvalue weighted by atomic mass is 16.2. The number of carbonyl (C=O) groups is 3. The van der Waals surface area contributed by atoms with Crippen LogP contribution < -0.4 is 16.1 Å². The van der Waals surface area contributed by atoms with E-state index in [9.17, 15) is 24.0 Å². The molecule has 0 N–H and O–H groups in total. The van der Waals surface area contributed by atoms with Crippen molar-refractivity contribution in [3.05, 3.63) is 118 Å². The van der Waals surface area contributed by atoms with Gasteiger partial charge in [0.15, 0.2) is 0 Å². The van der Waals surface area contributed by atoms with Crippen LogP contribution in [0.15, 0.2) is 51.1 Å². The predicted octanol–water partition coefficient (Wildman–Crippen LogP) is 5.82. The van der Waals surface area contributed by atoms with Crippen LogP contribution in [0.5, 0.6) is 0 Å². The Balaban J connectivity index is 1.77. The lowest BCUT2D eigenvalue weighted by Crippen LogP contribution is -2.55. The average molecular weight is 623 g/mol. The Hall–Kier alpha value is -5.05. The molecule has 2 heterocycles. The number of carbonyl (C=O) groups excluding carboxylic acids is 3. The largest absolute Gasteiger partial charge is 0.338 e. The van der Waals surface area contributed by atoms with Gasteiger partial charge < -0.3 is 0 Å². The van der Waals surface area contributed by atoms with Gasteiger partial charge in [0.25, 0.3) is 17.4 Å². The molecule has 1 fully saturated rings. The highest BCUT2D eigenvalue weighted by molar-refractivity contribution is 6.37. The molecular weight excluding hydrogens is 580 g/mol. The van der Waals surface area contributed by atoms with Crippen LogP contribution >= 0.6 is 0 Å². The Bertz CT molecular complexity index is 2070. The average Bonchev–Trinajstić information content (AvgIpc) is 3.01. The Kier molecular flexibility index (Phi) is 9.11. The summed E-state index contributed by atoms with van der Waals surface area (Å²) in [6, 6.07) is 3.04. The minimum atomic E-state index is -0.714. The predicted molar refractivity (Wildman–Crippen MR) is 183 cm³/mol. The summed E-state index contributed by atoms with van der Waals surface area (Å²) in [6.07, 6.45) is 6.31. The summed E-state index contributed by atoms with van der Waals surface area (Å²) >= 11 is 0. The van der Waals surface area contributed by atoms with E-state index in [4.69, 9.17) is 0 Å². The maximum atomic E-state index is 13.6. The first-order valence-electron chi connectivity index (χ1n) is 15.1. The second-order valence-corrected chi connectivity index (χ2v) is 12.3. The normalized spacial score (nSPS) is 15.3. The molecule has 9 heteroatoms. The smallest absolute Gasteiger partial charge is 0.268 e. The van der Waals surface area contributed by atoms with E-state index < -0.39 is 29.1 Å². The molecule has 2 aromatic carbocycles. The van der Waals surface area contributed by atoms with Crippen LogP contribution in [-0.2, 0) is 16.6 Å². The van der Waals surface area contributed by atoms with Crippen molar-refractivity contribution in [2.24, 2.45) is 7.05 Å². The van der Waals surface area contributed by atoms with Gasteiger partial charge in [-0.1, -0.05) is 17.7 Å². The number of benzene rings is 2. The number of allylic oxidation sites excluding steroid dienone is 4. The Morgan fingerprint density at radius 2 is 1.20 bits per heavy atom. The van der Waals surface area contributed by atoms with E-state index in [2.05, 4.69) is 0 Å². The minimum Gasteiger partial charge on any atom is -0.268 e. The number of urea groups is 1. The van der Waals surface area contributed by atoms with E-state index in [1.165, 1.54) is 20.2 Å². The number of hydrogen-bond donors (Lipinski definition) is 0. The van der Waals surface area contributed by atoms with Gasteiger partial charge >= 0.3 is 11.7 Å². The number of barbiturate groups is 1. The topological polar surface area (TPSA) is 102 Å². The highest BCUT2D eigenvalue weighted by Gasteiger charge is 2.41. The second kappa shape index (κ2) is 12.4. The van der Waals surface area contributed by atoms with Gasteiger partial charge in [-0.05, 0) is 138 Å². The number of amides is 4. The summed E-state index contributed by atoms with van der Waals surface area (Å²) in [6.45, 7) is 19.2. The molecule has 0 aliphatic carbocycles. The lowest BCUT2D eigenvalue weighted by atomic mass is 9.96. The number of likely N-dealkylation sites (N-methyl/N-ethyl adjacent to an activating group) is 1. The number of rotatable bonds is 5. The first kappa shape index (κ1) is 33.8. The third kappa shape index (κ3) is 5.50. The zero-order chi connectivity index (χ0) is 34.5. The molecule has 1 aliphatic rings. The first-order valence-corrected chi connectivity index (χ1v) is 15.1. The fourth-order valence-electron chi connectivity index (χ4n) is 5.71. The molecular formula is C37H42N4O5. The zero-order valence-corrected chi connectivity index (χ0v) is 28.8. The van der Waals surface area contributed by atoms with E-state index in [0.29, 0.717) is 22.5 Å². The van der Waals surface area contributed by atoms with E-state index >= 15 is 0 Å². The van der Waals surface area contributed by atoms with Crippen LogP contribution in [0.4, 0.5) is 10.5 Å². The number of imide groups is 2. The number of hydrogen-bond acceptors (Lipinski definition) is 5. The molecule has 0 atom stereocenters. The van der Waals surface area contributed by atoms with Crippen molar-refractivity contribution < 1.29 is 14.4 Å². The molecule has 0 radical (unpaired) electrons. The molecule has 46 heavy (non-hydrogen) atoms. The lowest BCUT2D eigenvalue weighted by Gasteiger charge is -2.33. The maximum absolute atomic E-state index is 13.6. The number of anilines is 1. The van der Waals surface area contributed by atoms with Crippen molar-refractivity contribution in [2.75, 3.05) is 11.9 Å². The van der Waals surface area contributed by atoms with Crippen molar-refractivity contribution in [1.29, 1.82) is 0 Å². The first-order chi connectivity index (χ1) is 21.4. The minimum absolute atomic E-state index is 0.161. The Morgan fingerprint density at radius 3 is 1.76 bits per heavy atom. The van der Waals surface area contributed by atoms with Gasteiger partial charge in [-0.2, -0.15) is 0 Å². The van der Waals surface area contributed by atoms with Gasteiger partial charge in [-0.25, -0.2) is 14.5 Å². The van der Waals surface area contributed by atoms with Crippen molar-refractivity contribution in [3.8, 4) is 5.69 Å². The van der Waals surface area contributed by atoms with Gasteiger partial charge in [0.2, 0.25) is 0 Å². The van der Waals surface area contributed by atoms with Gasteiger partial charge in [0.05, 0.1) is 16.9 Å². The molecule has 240 valence electrons. The third-order valence-corrected chi connectivity index (χ3v) is 9.60. The molecule has 0 spiro atoms. The molecule has 1 saturated heterocycles. The quantitative estimate of drug-likeness (QED) is 0.203. The molecule has 4 rings (SSSR count). The fraction of sp³-hybridized carbons (Fsp3) is 0.324. The summed E-state index contributed by atoms with van der Waals surface area (Å²) in [5, 5.41) is 0. The van der Waals surface area contributed by atoms with E-state index in [1.807, 2.05) is 61.5 Å². The van der Waals surface area contributed by atoms with Gasteiger partial charge in [-0.3, -0.25) is 28.4 Å². The monoisotopic (exact) mass is 622 g/mol. The van der Waals surface area contributed by atoms with Crippen LogP contribution in [0, 0.1) is 62.3 Å². The summed E-state index contributed by atoms with van der Waals surface area (Å²) in [5.74, 6) is -1.41. The number of nitrogens with zero attached hydrogens (tertiary/aromatic N) is 4. The molecule has 0 unspecified atom stereocenters. The zero-order valence-electron chi connectivity index (χ0n) is 28.8. The van der Waals surface area contributed by atoms with Crippen LogP contribution in [0.25, 0.3) is 11.8 Å². The van der Waals surface area contributed by atoms with Crippen LogP contribution in [0.1, 0.15) is 62.7 Å². The molecule has 0 saturated carbocycles. The molecule has 1 aliphatic heterocycles. The standard InChI is InChI=1S/C37H42N4O5/c1-19(13-15-29-28(10)40(36(45)38(11)33(29)42)31-17-20(2)22(4)24(6)26(31)8)14-16-30-34(43)39(12)37(46)41(35(30)44)32-18-21(3)23(5)25(7)27(32)9/h13-18H,1-12H3/b15-13+,19-14+,30-16+. The Labute approximate surface area is 269 Å². The van der Waals surface area contributed by atoms with Gasteiger partial charge in [0, 0.05) is 19.8 Å². The summed E-state index contributed by atoms with van der Waals surface area (Å²) < 4.78 is 2.66. The Morgan fingerprint density at radius 1 is 0.674 bits per heavy atom. The van der Waals surface area contributed by atoms with Crippen LogP contribution in [0.3, 0.4) is 0 Å². The second-order valence-electron chi connectivity index (χ2n) is 12.3. The van der Waals surface area contributed by atoms with Crippen molar-refractivity contribution in [2.45, 2.75) is 69.2 Å². The summed E-state index contributed by atoms with van der Waals surface area (Å²) in [7, 11) is 2.81. The molecule has 4 amide bonds. The molecule has 1 aromatic heterocycles. The molecule has 9 nitrogen and oxygen atoms in total. The lowest BCUT2D eigenvalue weighted by molar-refractivity contribution is -0.128. The van der Waals surface area contributed by atoms with Crippen molar-refractivity contribution in [3.63, 3.8) is 0 Å². The van der Waals surface area contributed by atoms with Crippen LogP contribution in [0.2, 0.25) is 0 Å². The number of aryl methyl sites for hydroxylation is 2. The fourth-order valence-corrected chi connectivity index (χ4v) is 5.71. The van der Waals surface area contributed by atoms with E-state index in [1.54, 1.807) is 42.7 Å². The number of aromatic nitrogens is 2. The van der Waals surface area contributed by atoms with Crippen LogP contribution in [-0.4, -0.2) is 38.9 Å². The van der Waals surface area contributed by atoms with Crippen molar-refractivity contribution >= 4 is 29.6 Å². The summed E-state index contributed by atoms with van der Waals surface area (Å²) in [4.78, 5) is 68.5. The highest BCUT2D eigenvalue weighted by Crippen LogP contribution is 2.32. The van der Waals surface area contributed by atoms with Gasteiger partial charge in [0.1, 0.15) is 5.57 Å². The van der Waals surface area contributed by atoms with E-state index in [-0.39, 0.29) is 5.57 Å². The van der Waals surface area contributed by atoms with Gasteiger partial charge in [-0.15, -0.1) is 0 Å². The summed E-state index contributed by atoms with van der Waals surface area (Å²) in [5.41, 5.74) is 9.58. The van der Waals surface area contributed by atoms with E-state index in [0.717, 1.165) is 64.6 Å².